The molecule has 0 bridgehead atoms. The van der Waals surface area contributed by atoms with Crippen LogP contribution in [-0.2, 0) is 4.74 Å². The highest BCUT2D eigenvalue weighted by Crippen LogP contribution is 2.12. The quantitative estimate of drug-likeness (QED) is 0.845. The number of ether oxygens (including phenoxy) is 1. The highest BCUT2D eigenvalue weighted by atomic mass is 16.5. The number of fused-ring (bicyclic) bond motifs is 1. The van der Waals surface area contributed by atoms with E-state index < -0.39 is 0 Å². The van der Waals surface area contributed by atoms with Crippen molar-refractivity contribution in [3.8, 4) is 0 Å². The molecule has 0 radical (unpaired) electrons. The summed E-state index contributed by atoms with van der Waals surface area (Å²) in [5, 5.41) is 7.53. The van der Waals surface area contributed by atoms with Crippen molar-refractivity contribution in [1.82, 2.24) is 19.6 Å². The average molecular weight is 235 g/mol. The Morgan fingerprint density at radius 2 is 2.35 bits per heavy atom. The first-order chi connectivity index (χ1) is 8.20. The standard InChI is InChI=1S/C11H17N5O/c1-8(4-5-17-3)14-10-6-9(2)15-11-12-7-13-16(10)11/h6-8,14H,4-5H2,1-3H3. The second-order valence-electron chi connectivity index (χ2n) is 4.08. The van der Waals surface area contributed by atoms with Gasteiger partial charge in [-0.05, 0) is 20.3 Å². The van der Waals surface area contributed by atoms with Gasteiger partial charge in [-0.1, -0.05) is 0 Å². The zero-order valence-corrected chi connectivity index (χ0v) is 10.3. The Bertz CT molecular complexity index is 496. The SMILES string of the molecule is COCCC(C)Nc1cc(C)nc2ncnn12. The molecule has 1 N–H and O–H groups in total. The first kappa shape index (κ1) is 11.8. The van der Waals surface area contributed by atoms with Crippen molar-refractivity contribution in [2.75, 3.05) is 19.0 Å². The van der Waals surface area contributed by atoms with E-state index in [4.69, 9.17) is 4.74 Å². The Labute approximate surface area is 100 Å². The number of aryl methyl sites for hydroxylation is 1. The number of nitrogens with one attached hydrogen (secondary N) is 1. The molecule has 92 valence electrons. The van der Waals surface area contributed by atoms with E-state index in [1.54, 1.807) is 11.6 Å². The monoisotopic (exact) mass is 235 g/mol. The van der Waals surface area contributed by atoms with Crippen molar-refractivity contribution >= 4 is 11.6 Å². The third kappa shape index (κ3) is 2.71. The molecule has 6 heteroatoms. The molecule has 0 saturated heterocycles. The van der Waals surface area contributed by atoms with E-state index in [-0.39, 0.29) is 0 Å². The molecule has 2 aromatic heterocycles. The molecule has 2 rings (SSSR count). The Morgan fingerprint density at radius 1 is 1.53 bits per heavy atom. The van der Waals surface area contributed by atoms with Gasteiger partial charge in [0.25, 0.3) is 5.78 Å². The molecule has 2 aromatic rings. The van der Waals surface area contributed by atoms with Crippen molar-refractivity contribution in [3.05, 3.63) is 18.1 Å². The van der Waals surface area contributed by atoms with Crippen molar-refractivity contribution in [2.24, 2.45) is 0 Å². The minimum atomic E-state index is 0.309. The maximum absolute atomic E-state index is 5.06. The van der Waals surface area contributed by atoms with Gasteiger partial charge in [-0.2, -0.15) is 14.6 Å². The summed E-state index contributed by atoms with van der Waals surface area (Å²) in [6.45, 7) is 4.79. The van der Waals surface area contributed by atoms with Crippen LogP contribution in [-0.4, -0.2) is 39.3 Å². The van der Waals surface area contributed by atoms with E-state index in [2.05, 4.69) is 27.3 Å². The molecule has 17 heavy (non-hydrogen) atoms. The fraction of sp³-hybridized carbons (Fsp3) is 0.545. The molecule has 1 atom stereocenters. The fourth-order valence-electron chi connectivity index (χ4n) is 1.65. The Balaban J connectivity index is 2.19. The molecule has 0 fully saturated rings. The van der Waals surface area contributed by atoms with E-state index in [9.17, 15) is 0 Å². The number of aromatic nitrogens is 4. The van der Waals surface area contributed by atoms with Crippen molar-refractivity contribution in [2.45, 2.75) is 26.3 Å². The number of methoxy groups -OCH3 is 1. The molecule has 1 unspecified atom stereocenters. The number of nitrogens with zero attached hydrogens (tertiary/aromatic N) is 4. The second kappa shape index (κ2) is 5.09. The third-order valence-corrected chi connectivity index (χ3v) is 2.53. The number of hydrogen-bond acceptors (Lipinski definition) is 5. The van der Waals surface area contributed by atoms with Gasteiger partial charge in [0.05, 0.1) is 0 Å². The van der Waals surface area contributed by atoms with Gasteiger partial charge in [0.2, 0.25) is 0 Å². The molecule has 2 heterocycles. The van der Waals surface area contributed by atoms with Crippen LogP contribution in [0.2, 0.25) is 0 Å². The van der Waals surface area contributed by atoms with Crippen molar-refractivity contribution < 1.29 is 4.74 Å². The van der Waals surface area contributed by atoms with Crippen LogP contribution in [0.25, 0.3) is 5.78 Å². The highest BCUT2D eigenvalue weighted by molar-refractivity contribution is 5.45. The molecule has 0 aromatic carbocycles. The van der Waals surface area contributed by atoms with Crippen LogP contribution in [0.5, 0.6) is 0 Å². The lowest BCUT2D eigenvalue weighted by Gasteiger charge is -2.15. The molecule has 0 aliphatic heterocycles. The van der Waals surface area contributed by atoms with E-state index in [0.717, 1.165) is 24.5 Å². The zero-order valence-electron chi connectivity index (χ0n) is 10.3. The Hall–Kier alpha value is -1.69. The molecule has 0 spiro atoms. The number of rotatable bonds is 5. The molecule has 0 aliphatic carbocycles. The Morgan fingerprint density at radius 3 is 3.12 bits per heavy atom. The van der Waals surface area contributed by atoms with Crippen molar-refractivity contribution in [3.63, 3.8) is 0 Å². The number of anilines is 1. The first-order valence-electron chi connectivity index (χ1n) is 5.63. The summed E-state index contributed by atoms with van der Waals surface area (Å²) in [6.07, 6.45) is 2.45. The summed E-state index contributed by atoms with van der Waals surface area (Å²) in [4.78, 5) is 8.38. The van der Waals surface area contributed by atoms with E-state index in [1.165, 1.54) is 6.33 Å². The van der Waals surface area contributed by atoms with Crippen LogP contribution in [0.1, 0.15) is 19.0 Å². The van der Waals surface area contributed by atoms with Gasteiger partial charge in [0, 0.05) is 31.5 Å². The van der Waals surface area contributed by atoms with Gasteiger partial charge in [0.1, 0.15) is 12.1 Å². The van der Waals surface area contributed by atoms with Gasteiger partial charge in [-0.3, -0.25) is 0 Å². The van der Waals surface area contributed by atoms with Crippen LogP contribution in [0.4, 0.5) is 5.82 Å². The van der Waals surface area contributed by atoms with Gasteiger partial charge >= 0.3 is 0 Å². The van der Waals surface area contributed by atoms with Crippen LogP contribution in [0, 0.1) is 6.92 Å². The van der Waals surface area contributed by atoms with Gasteiger partial charge < -0.3 is 10.1 Å². The van der Waals surface area contributed by atoms with Crippen LogP contribution in [0.3, 0.4) is 0 Å². The van der Waals surface area contributed by atoms with Crippen LogP contribution < -0.4 is 5.32 Å². The fourth-order valence-corrected chi connectivity index (χ4v) is 1.65. The highest BCUT2D eigenvalue weighted by Gasteiger charge is 2.08. The van der Waals surface area contributed by atoms with Gasteiger partial charge in [0.15, 0.2) is 0 Å². The summed E-state index contributed by atoms with van der Waals surface area (Å²) in [5.41, 5.74) is 0.923. The lowest BCUT2D eigenvalue weighted by atomic mass is 10.2. The minimum Gasteiger partial charge on any atom is -0.385 e. The average Bonchev–Trinajstić information content (AvgIpc) is 2.74. The lowest BCUT2D eigenvalue weighted by molar-refractivity contribution is 0.191. The second-order valence-corrected chi connectivity index (χ2v) is 4.08. The largest absolute Gasteiger partial charge is 0.385 e. The predicted octanol–water partition coefficient (Wildman–Crippen LogP) is 1.27. The summed E-state index contributed by atoms with van der Waals surface area (Å²) in [7, 11) is 1.71. The molecule has 6 nitrogen and oxygen atoms in total. The zero-order chi connectivity index (χ0) is 12.3. The van der Waals surface area contributed by atoms with E-state index >= 15 is 0 Å². The third-order valence-electron chi connectivity index (χ3n) is 2.53. The number of hydrogen-bond donors (Lipinski definition) is 1. The van der Waals surface area contributed by atoms with Crippen LogP contribution >= 0.6 is 0 Å². The van der Waals surface area contributed by atoms with E-state index in [1.807, 2.05) is 13.0 Å². The van der Waals surface area contributed by atoms with E-state index in [0.29, 0.717) is 11.8 Å². The topological polar surface area (TPSA) is 64.3 Å². The maximum Gasteiger partial charge on any atom is 0.254 e. The van der Waals surface area contributed by atoms with Gasteiger partial charge in [-0.25, -0.2) is 4.98 Å². The van der Waals surface area contributed by atoms with Crippen LogP contribution in [0.15, 0.2) is 12.4 Å². The first-order valence-corrected chi connectivity index (χ1v) is 5.63. The maximum atomic E-state index is 5.06. The molecule has 0 amide bonds. The smallest absolute Gasteiger partial charge is 0.254 e. The normalized spacial score (nSPS) is 12.9. The summed E-state index contributed by atoms with van der Waals surface area (Å²) >= 11 is 0. The minimum absolute atomic E-state index is 0.309. The lowest BCUT2D eigenvalue weighted by Crippen LogP contribution is -2.19. The summed E-state index contributed by atoms with van der Waals surface area (Å²) < 4.78 is 6.76. The molecule has 0 saturated carbocycles. The Kier molecular flexibility index (Phi) is 3.53. The molecular formula is C11H17N5O. The summed E-state index contributed by atoms with van der Waals surface area (Å²) in [6, 6.07) is 2.27. The predicted molar refractivity (Wildman–Crippen MR) is 65.1 cm³/mol. The molecular weight excluding hydrogens is 218 g/mol. The molecule has 0 aliphatic rings. The van der Waals surface area contributed by atoms with Gasteiger partial charge in [-0.15, -0.1) is 0 Å². The summed E-state index contributed by atoms with van der Waals surface area (Å²) in [5.74, 6) is 1.53. The van der Waals surface area contributed by atoms with Crippen molar-refractivity contribution in [1.29, 1.82) is 0 Å².